The van der Waals surface area contributed by atoms with Crippen molar-refractivity contribution in [1.82, 2.24) is 0 Å². The molecule has 0 aliphatic rings. The summed E-state index contributed by atoms with van der Waals surface area (Å²) in [6.45, 7) is 1.73. The number of halogens is 1. The number of para-hydroxylation sites is 1. The zero-order valence-electron chi connectivity index (χ0n) is 9.43. The molecule has 2 aromatic rings. The average molecular weight is 293 g/mol. The van der Waals surface area contributed by atoms with Crippen molar-refractivity contribution in [3.63, 3.8) is 0 Å². The molecule has 0 saturated carbocycles. The highest BCUT2D eigenvalue weighted by molar-refractivity contribution is 9.10. The molecule has 1 N–H and O–H groups in total. The molecule has 1 atom stereocenters. The molecular weight excluding hydrogens is 280 g/mol. The van der Waals surface area contributed by atoms with Crippen LogP contribution in [0.4, 0.5) is 0 Å². The maximum Gasteiger partial charge on any atom is 0.127 e. The van der Waals surface area contributed by atoms with Crippen molar-refractivity contribution < 1.29 is 9.84 Å². The van der Waals surface area contributed by atoms with Gasteiger partial charge in [-0.3, -0.25) is 0 Å². The van der Waals surface area contributed by atoms with E-state index in [0.717, 1.165) is 21.5 Å². The highest BCUT2D eigenvalue weighted by Gasteiger charge is 2.08. The van der Waals surface area contributed by atoms with Gasteiger partial charge in [0.1, 0.15) is 11.5 Å². The molecule has 0 aliphatic carbocycles. The molecule has 0 amide bonds. The van der Waals surface area contributed by atoms with E-state index in [-0.39, 0.29) is 0 Å². The quantitative estimate of drug-likeness (QED) is 0.914. The fourth-order valence-corrected chi connectivity index (χ4v) is 2.11. The average Bonchev–Trinajstić information content (AvgIpc) is 2.32. The maximum atomic E-state index is 9.61. The van der Waals surface area contributed by atoms with Crippen molar-refractivity contribution in [1.29, 1.82) is 0 Å². The minimum Gasteiger partial charge on any atom is -0.457 e. The van der Waals surface area contributed by atoms with E-state index >= 15 is 0 Å². The van der Waals surface area contributed by atoms with Crippen molar-refractivity contribution in [3.05, 3.63) is 58.6 Å². The lowest BCUT2D eigenvalue weighted by Crippen LogP contribution is -1.93. The van der Waals surface area contributed by atoms with Gasteiger partial charge in [0.2, 0.25) is 0 Å². The molecule has 0 aliphatic heterocycles. The van der Waals surface area contributed by atoms with Crippen molar-refractivity contribution in [2.45, 2.75) is 13.0 Å². The second-order valence-electron chi connectivity index (χ2n) is 3.77. The summed E-state index contributed by atoms with van der Waals surface area (Å²) in [6, 6.07) is 15.1. The van der Waals surface area contributed by atoms with Crippen LogP contribution in [-0.2, 0) is 0 Å². The van der Waals surface area contributed by atoms with Crippen LogP contribution in [0.25, 0.3) is 0 Å². The summed E-state index contributed by atoms with van der Waals surface area (Å²) in [7, 11) is 0. The summed E-state index contributed by atoms with van der Waals surface area (Å²) in [5.74, 6) is 1.50. The Labute approximate surface area is 109 Å². The third kappa shape index (κ3) is 3.08. The summed E-state index contributed by atoms with van der Waals surface area (Å²) in [6.07, 6.45) is -0.524. The fourth-order valence-electron chi connectivity index (χ4n) is 1.53. The van der Waals surface area contributed by atoms with E-state index < -0.39 is 6.10 Å². The largest absolute Gasteiger partial charge is 0.457 e. The molecule has 0 saturated heterocycles. The molecule has 1 unspecified atom stereocenters. The van der Waals surface area contributed by atoms with Gasteiger partial charge in [-0.25, -0.2) is 0 Å². The molecule has 0 radical (unpaired) electrons. The Kier molecular flexibility index (Phi) is 3.82. The second kappa shape index (κ2) is 5.34. The molecule has 0 aromatic heterocycles. The van der Waals surface area contributed by atoms with Gasteiger partial charge >= 0.3 is 0 Å². The molecular formula is C14H13BrO2. The van der Waals surface area contributed by atoms with Crippen molar-refractivity contribution >= 4 is 15.9 Å². The van der Waals surface area contributed by atoms with Gasteiger partial charge < -0.3 is 9.84 Å². The predicted octanol–water partition coefficient (Wildman–Crippen LogP) is 4.29. The Morgan fingerprint density at radius 2 is 1.76 bits per heavy atom. The van der Waals surface area contributed by atoms with E-state index in [2.05, 4.69) is 15.9 Å². The van der Waals surface area contributed by atoms with Gasteiger partial charge in [-0.1, -0.05) is 34.1 Å². The minimum absolute atomic E-state index is 0.524. The zero-order valence-corrected chi connectivity index (χ0v) is 11.0. The van der Waals surface area contributed by atoms with E-state index in [4.69, 9.17) is 4.74 Å². The summed E-state index contributed by atoms with van der Waals surface area (Å²) in [4.78, 5) is 0. The number of aliphatic hydroxyl groups excluding tert-OH is 1. The number of benzene rings is 2. The van der Waals surface area contributed by atoms with Crippen LogP contribution in [0, 0.1) is 0 Å². The lowest BCUT2D eigenvalue weighted by atomic mass is 10.1. The maximum absolute atomic E-state index is 9.61. The lowest BCUT2D eigenvalue weighted by Gasteiger charge is -2.11. The monoisotopic (exact) mass is 292 g/mol. The molecule has 2 rings (SSSR count). The van der Waals surface area contributed by atoms with E-state index in [9.17, 15) is 5.11 Å². The number of ether oxygens (including phenoxy) is 1. The Balaban J connectivity index is 2.26. The normalized spacial score (nSPS) is 12.2. The first-order valence-corrected chi connectivity index (χ1v) is 6.16. The Hall–Kier alpha value is -1.32. The SMILES string of the molecule is CC(O)c1cc(Oc2ccccc2)ccc1Br. The molecule has 0 spiro atoms. The van der Waals surface area contributed by atoms with Crippen molar-refractivity contribution in [2.75, 3.05) is 0 Å². The van der Waals surface area contributed by atoms with Gasteiger partial charge in [0.05, 0.1) is 6.10 Å². The fraction of sp³-hybridized carbons (Fsp3) is 0.143. The first-order valence-electron chi connectivity index (χ1n) is 5.37. The third-order valence-corrected chi connectivity index (χ3v) is 3.12. The molecule has 2 aromatic carbocycles. The van der Waals surface area contributed by atoms with E-state index in [0.29, 0.717) is 0 Å². The lowest BCUT2D eigenvalue weighted by molar-refractivity contribution is 0.198. The van der Waals surface area contributed by atoms with Crippen LogP contribution in [0.1, 0.15) is 18.6 Å². The van der Waals surface area contributed by atoms with Crippen LogP contribution in [0.5, 0.6) is 11.5 Å². The van der Waals surface area contributed by atoms with Crippen LogP contribution in [0.3, 0.4) is 0 Å². The molecule has 3 heteroatoms. The summed E-state index contributed by atoms with van der Waals surface area (Å²) in [5, 5.41) is 9.61. The summed E-state index contributed by atoms with van der Waals surface area (Å²) >= 11 is 3.40. The van der Waals surface area contributed by atoms with Crippen LogP contribution in [0.15, 0.2) is 53.0 Å². The van der Waals surface area contributed by atoms with E-state index in [1.165, 1.54) is 0 Å². The topological polar surface area (TPSA) is 29.5 Å². The van der Waals surface area contributed by atoms with Crippen LogP contribution >= 0.6 is 15.9 Å². The van der Waals surface area contributed by atoms with Crippen molar-refractivity contribution in [3.8, 4) is 11.5 Å². The number of hydrogen-bond donors (Lipinski definition) is 1. The first kappa shape index (κ1) is 12.1. The number of hydrogen-bond acceptors (Lipinski definition) is 2. The molecule has 0 fully saturated rings. The van der Waals surface area contributed by atoms with E-state index in [1.807, 2.05) is 48.5 Å². The van der Waals surface area contributed by atoms with Crippen molar-refractivity contribution in [2.24, 2.45) is 0 Å². The van der Waals surface area contributed by atoms with Crippen LogP contribution in [0.2, 0.25) is 0 Å². The first-order chi connectivity index (χ1) is 8.16. The predicted molar refractivity (Wildman–Crippen MR) is 71.3 cm³/mol. The summed E-state index contributed by atoms with van der Waals surface area (Å²) in [5.41, 5.74) is 0.818. The second-order valence-corrected chi connectivity index (χ2v) is 4.63. The Morgan fingerprint density at radius 3 is 2.41 bits per heavy atom. The van der Waals surface area contributed by atoms with Gasteiger partial charge in [0, 0.05) is 4.47 Å². The van der Waals surface area contributed by atoms with Gasteiger partial charge in [0.25, 0.3) is 0 Å². The molecule has 88 valence electrons. The Morgan fingerprint density at radius 1 is 1.06 bits per heavy atom. The Bertz CT molecular complexity index is 495. The van der Waals surface area contributed by atoms with Gasteiger partial charge in [-0.05, 0) is 42.8 Å². The highest BCUT2D eigenvalue weighted by Crippen LogP contribution is 2.29. The van der Waals surface area contributed by atoms with E-state index in [1.54, 1.807) is 6.92 Å². The van der Waals surface area contributed by atoms with Gasteiger partial charge in [-0.15, -0.1) is 0 Å². The zero-order chi connectivity index (χ0) is 12.3. The standard InChI is InChI=1S/C14H13BrO2/c1-10(16)13-9-12(7-8-14(13)15)17-11-5-3-2-4-6-11/h2-10,16H,1H3. The third-order valence-electron chi connectivity index (χ3n) is 2.40. The van der Waals surface area contributed by atoms with Gasteiger partial charge in [-0.2, -0.15) is 0 Å². The molecule has 17 heavy (non-hydrogen) atoms. The number of rotatable bonds is 3. The van der Waals surface area contributed by atoms with Gasteiger partial charge in [0.15, 0.2) is 0 Å². The number of aliphatic hydroxyl groups is 1. The molecule has 0 bridgehead atoms. The minimum atomic E-state index is -0.524. The molecule has 2 nitrogen and oxygen atoms in total. The molecule has 0 heterocycles. The van der Waals surface area contributed by atoms with Crippen LogP contribution in [-0.4, -0.2) is 5.11 Å². The highest BCUT2D eigenvalue weighted by atomic mass is 79.9. The van der Waals surface area contributed by atoms with Crippen LogP contribution < -0.4 is 4.74 Å². The summed E-state index contributed by atoms with van der Waals surface area (Å²) < 4.78 is 6.57. The smallest absolute Gasteiger partial charge is 0.127 e.